The van der Waals surface area contributed by atoms with Crippen molar-refractivity contribution in [2.24, 2.45) is 0 Å². The van der Waals surface area contributed by atoms with Crippen molar-refractivity contribution in [2.45, 2.75) is 33.1 Å². The third-order valence-corrected chi connectivity index (χ3v) is 2.79. The van der Waals surface area contributed by atoms with Crippen LogP contribution in [0.25, 0.3) is 0 Å². The molecule has 1 rings (SSSR count). The average Bonchev–Trinajstić information content (AvgIpc) is 2.42. The van der Waals surface area contributed by atoms with Crippen LogP contribution >= 0.6 is 0 Å². The number of rotatable bonds is 7. The lowest BCUT2D eigenvalue weighted by Crippen LogP contribution is -2.29. The van der Waals surface area contributed by atoms with E-state index in [0.29, 0.717) is 12.5 Å². The molecule has 0 saturated carbocycles. The molecular weight excluding hydrogens is 238 g/mol. The quantitative estimate of drug-likeness (QED) is 0.604. The third kappa shape index (κ3) is 6.09. The van der Waals surface area contributed by atoms with Gasteiger partial charge < -0.3 is 10.1 Å². The van der Waals surface area contributed by atoms with Gasteiger partial charge in [-0.3, -0.25) is 4.79 Å². The number of ether oxygens (including phenoxy) is 1. The van der Waals surface area contributed by atoms with E-state index >= 15 is 0 Å². The molecule has 0 atom stereocenters. The zero-order chi connectivity index (χ0) is 14.1. The summed E-state index contributed by atoms with van der Waals surface area (Å²) in [4.78, 5) is 11.5. The molecule has 0 heterocycles. The summed E-state index contributed by atoms with van der Waals surface area (Å²) in [7, 11) is 0. The Morgan fingerprint density at radius 1 is 1.32 bits per heavy atom. The van der Waals surface area contributed by atoms with Crippen LogP contribution < -0.4 is 10.1 Å². The van der Waals surface area contributed by atoms with Gasteiger partial charge in [0.25, 0.3) is 5.91 Å². The molecule has 0 radical (unpaired) electrons. The van der Waals surface area contributed by atoms with Crippen LogP contribution in [0.3, 0.4) is 0 Å². The standard InChI is InChI=1S/C16H23NO2/c1-4-5-6-11-17-16(18)12-19-15-9-7-14(8-10-15)13(2)3/h4-5,7-10,13H,6,11-12H2,1-3H3,(H,17,18)/b5-4+. The Hall–Kier alpha value is -1.77. The van der Waals surface area contributed by atoms with Gasteiger partial charge in [0, 0.05) is 6.54 Å². The van der Waals surface area contributed by atoms with Crippen molar-refractivity contribution in [1.82, 2.24) is 5.32 Å². The van der Waals surface area contributed by atoms with Crippen molar-refractivity contribution in [3.05, 3.63) is 42.0 Å². The Balaban J connectivity index is 2.29. The average molecular weight is 261 g/mol. The maximum atomic E-state index is 11.5. The Labute approximate surface area is 115 Å². The zero-order valence-corrected chi connectivity index (χ0v) is 12.0. The fourth-order valence-corrected chi connectivity index (χ4v) is 1.61. The van der Waals surface area contributed by atoms with E-state index in [1.807, 2.05) is 43.3 Å². The van der Waals surface area contributed by atoms with Crippen molar-refractivity contribution in [3.8, 4) is 5.75 Å². The van der Waals surface area contributed by atoms with E-state index in [0.717, 1.165) is 12.2 Å². The van der Waals surface area contributed by atoms with Crippen LogP contribution in [0.5, 0.6) is 5.75 Å². The number of allylic oxidation sites excluding steroid dienone is 1. The summed E-state index contributed by atoms with van der Waals surface area (Å²) >= 11 is 0. The number of carbonyl (C=O) groups excluding carboxylic acids is 1. The highest BCUT2D eigenvalue weighted by Gasteiger charge is 2.03. The fraction of sp³-hybridized carbons (Fsp3) is 0.438. The molecule has 0 unspecified atom stereocenters. The molecule has 3 heteroatoms. The van der Waals surface area contributed by atoms with Gasteiger partial charge in [0.05, 0.1) is 0 Å². The van der Waals surface area contributed by atoms with E-state index < -0.39 is 0 Å². The van der Waals surface area contributed by atoms with Crippen LogP contribution in [0.15, 0.2) is 36.4 Å². The van der Waals surface area contributed by atoms with Gasteiger partial charge in [-0.25, -0.2) is 0 Å². The van der Waals surface area contributed by atoms with Gasteiger partial charge in [0.1, 0.15) is 5.75 Å². The van der Waals surface area contributed by atoms with Crippen molar-refractivity contribution in [2.75, 3.05) is 13.2 Å². The van der Waals surface area contributed by atoms with Crippen molar-refractivity contribution < 1.29 is 9.53 Å². The minimum Gasteiger partial charge on any atom is -0.484 e. The molecular formula is C16H23NO2. The second-order valence-electron chi connectivity index (χ2n) is 4.72. The van der Waals surface area contributed by atoms with Gasteiger partial charge in [-0.1, -0.05) is 38.1 Å². The molecule has 1 N–H and O–H groups in total. The normalized spacial score (nSPS) is 10.9. The first kappa shape index (κ1) is 15.3. The molecule has 1 aromatic carbocycles. The molecule has 0 saturated heterocycles. The van der Waals surface area contributed by atoms with E-state index in [9.17, 15) is 4.79 Å². The predicted octanol–water partition coefficient (Wildman–Crippen LogP) is 3.27. The van der Waals surface area contributed by atoms with Crippen LogP contribution in [0.2, 0.25) is 0 Å². The van der Waals surface area contributed by atoms with Crippen LogP contribution in [0.1, 0.15) is 38.7 Å². The molecule has 0 aliphatic carbocycles. The molecule has 1 aromatic rings. The van der Waals surface area contributed by atoms with Gasteiger partial charge in [0.2, 0.25) is 0 Å². The number of nitrogens with one attached hydrogen (secondary N) is 1. The summed E-state index contributed by atoms with van der Waals surface area (Å²) in [5, 5.41) is 2.80. The first-order valence-corrected chi connectivity index (χ1v) is 6.74. The summed E-state index contributed by atoms with van der Waals surface area (Å²) in [5.74, 6) is 1.15. The molecule has 3 nitrogen and oxygen atoms in total. The van der Waals surface area contributed by atoms with E-state index in [2.05, 4.69) is 19.2 Å². The summed E-state index contributed by atoms with van der Waals surface area (Å²) in [5.41, 5.74) is 1.27. The lowest BCUT2D eigenvalue weighted by atomic mass is 10.0. The van der Waals surface area contributed by atoms with Gasteiger partial charge in [-0.2, -0.15) is 0 Å². The minimum atomic E-state index is -0.0857. The summed E-state index contributed by atoms with van der Waals surface area (Å²) < 4.78 is 5.43. The Morgan fingerprint density at radius 2 is 2.00 bits per heavy atom. The number of benzene rings is 1. The van der Waals surface area contributed by atoms with Crippen molar-refractivity contribution in [3.63, 3.8) is 0 Å². The van der Waals surface area contributed by atoms with Crippen LogP contribution in [0, 0.1) is 0 Å². The monoisotopic (exact) mass is 261 g/mol. The topological polar surface area (TPSA) is 38.3 Å². The van der Waals surface area contributed by atoms with Crippen molar-refractivity contribution >= 4 is 5.91 Å². The molecule has 104 valence electrons. The van der Waals surface area contributed by atoms with Gasteiger partial charge in [-0.05, 0) is 37.0 Å². The van der Waals surface area contributed by atoms with Gasteiger partial charge in [0.15, 0.2) is 6.61 Å². The molecule has 0 bridgehead atoms. The first-order chi connectivity index (χ1) is 9.13. The second kappa shape index (κ2) is 8.35. The highest BCUT2D eigenvalue weighted by atomic mass is 16.5. The molecule has 0 aliphatic rings. The zero-order valence-electron chi connectivity index (χ0n) is 12.0. The van der Waals surface area contributed by atoms with E-state index in [1.165, 1.54) is 5.56 Å². The Kier molecular flexibility index (Phi) is 6.72. The van der Waals surface area contributed by atoms with E-state index in [4.69, 9.17) is 4.74 Å². The minimum absolute atomic E-state index is 0.0663. The lowest BCUT2D eigenvalue weighted by molar-refractivity contribution is -0.123. The smallest absolute Gasteiger partial charge is 0.257 e. The fourth-order valence-electron chi connectivity index (χ4n) is 1.61. The third-order valence-electron chi connectivity index (χ3n) is 2.79. The van der Waals surface area contributed by atoms with Crippen LogP contribution in [-0.2, 0) is 4.79 Å². The van der Waals surface area contributed by atoms with Crippen LogP contribution in [-0.4, -0.2) is 19.1 Å². The summed E-state index contributed by atoms with van der Waals surface area (Å²) in [6, 6.07) is 7.87. The van der Waals surface area contributed by atoms with Gasteiger partial charge >= 0.3 is 0 Å². The van der Waals surface area contributed by atoms with E-state index in [1.54, 1.807) is 0 Å². The predicted molar refractivity (Wildman–Crippen MR) is 78.5 cm³/mol. The largest absolute Gasteiger partial charge is 0.484 e. The van der Waals surface area contributed by atoms with Crippen LogP contribution in [0.4, 0.5) is 0 Å². The Bertz CT molecular complexity index is 407. The maximum absolute atomic E-state index is 11.5. The number of amides is 1. The molecule has 0 fully saturated rings. The first-order valence-electron chi connectivity index (χ1n) is 6.74. The Morgan fingerprint density at radius 3 is 2.58 bits per heavy atom. The van der Waals surface area contributed by atoms with E-state index in [-0.39, 0.29) is 12.5 Å². The number of hydrogen-bond acceptors (Lipinski definition) is 2. The maximum Gasteiger partial charge on any atom is 0.257 e. The van der Waals surface area contributed by atoms with Gasteiger partial charge in [-0.15, -0.1) is 0 Å². The number of hydrogen-bond donors (Lipinski definition) is 1. The molecule has 1 amide bonds. The highest BCUT2D eigenvalue weighted by molar-refractivity contribution is 5.77. The SMILES string of the molecule is C/C=C/CCNC(=O)COc1ccc(C(C)C)cc1. The molecule has 19 heavy (non-hydrogen) atoms. The highest BCUT2D eigenvalue weighted by Crippen LogP contribution is 2.18. The van der Waals surface area contributed by atoms with Crippen molar-refractivity contribution in [1.29, 1.82) is 0 Å². The second-order valence-corrected chi connectivity index (χ2v) is 4.72. The molecule has 0 spiro atoms. The number of carbonyl (C=O) groups is 1. The molecule has 0 aromatic heterocycles. The summed E-state index contributed by atoms with van der Waals surface area (Å²) in [6.07, 6.45) is 4.84. The summed E-state index contributed by atoms with van der Waals surface area (Å²) in [6.45, 7) is 6.98. The lowest BCUT2D eigenvalue weighted by Gasteiger charge is -2.09. The molecule has 0 aliphatic heterocycles.